The van der Waals surface area contributed by atoms with Crippen molar-refractivity contribution in [2.24, 2.45) is 5.73 Å². The van der Waals surface area contributed by atoms with Gasteiger partial charge in [0, 0.05) is 25.2 Å². The second-order valence-corrected chi connectivity index (χ2v) is 4.96. The van der Waals surface area contributed by atoms with Gasteiger partial charge in [0.15, 0.2) is 0 Å². The fraction of sp³-hybridized carbons (Fsp3) is 0.917. The smallest absolute Gasteiger partial charge is 0.234 e. The molecule has 4 heteroatoms. The van der Waals surface area contributed by atoms with Crippen LogP contribution < -0.4 is 11.1 Å². The van der Waals surface area contributed by atoms with Crippen molar-refractivity contribution in [1.29, 1.82) is 0 Å². The lowest BCUT2D eigenvalue weighted by Crippen LogP contribution is -2.68. The number of carbonyl (C=O) groups is 1. The molecule has 0 radical (unpaired) electrons. The molecule has 0 saturated carbocycles. The molecule has 0 aromatic carbocycles. The van der Waals surface area contributed by atoms with E-state index in [4.69, 9.17) is 5.73 Å². The van der Waals surface area contributed by atoms with E-state index in [0.717, 1.165) is 45.3 Å². The largest absolute Gasteiger partial charge is 0.355 e. The molecule has 4 nitrogen and oxygen atoms in total. The number of likely N-dealkylation sites (tertiary alicyclic amines) is 1. The Morgan fingerprint density at radius 3 is 2.62 bits per heavy atom. The van der Waals surface area contributed by atoms with Crippen LogP contribution in [0.25, 0.3) is 0 Å². The predicted octanol–water partition coefficient (Wildman–Crippen LogP) is 0.716. The third-order valence-corrected chi connectivity index (χ3v) is 3.04. The number of hydrogen-bond donors (Lipinski definition) is 2. The second kappa shape index (κ2) is 6.21. The first-order valence-electron chi connectivity index (χ1n) is 6.37. The highest BCUT2D eigenvalue weighted by Crippen LogP contribution is 2.22. The van der Waals surface area contributed by atoms with Crippen LogP contribution >= 0.6 is 0 Å². The summed E-state index contributed by atoms with van der Waals surface area (Å²) in [5.74, 6) is 0.131. The Balaban J connectivity index is 2.09. The maximum Gasteiger partial charge on any atom is 0.234 e. The van der Waals surface area contributed by atoms with Crippen molar-refractivity contribution in [1.82, 2.24) is 10.2 Å². The second-order valence-electron chi connectivity index (χ2n) is 4.96. The number of hydrogen-bond acceptors (Lipinski definition) is 3. The number of nitrogens with two attached hydrogens (primary N) is 1. The molecular weight excluding hydrogens is 202 g/mol. The molecule has 0 unspecified atom stereocenters. The summed E-state index contributed by atoms with van der Waals surface area (Å²) in [5, 5.41) is 2.92. The molecule has 0 aromatic rings. The Kier molecular flexibility index (Phi) is 5.22. The summed E-state index contributed by atoms with van der Waals surface area (Å²) >= 11 is 0. The van der Waals surface area contributed by atoms with Gasteiger partial charge in [-0.15, -0.1) is 0 Å². The topological polar surface area (TPSA) is 58.4 Å². The van der Waals surface area contributed by atoms with Gasteiger partial charge in [-0.1, -0.05) is 26.7 Å². The fourth-order valence-corrected chi connectivity index (χ4v) is 2.28. The van der Waals surface area contributed by atoms with Crippen LogP contribution in [0.15, 0.2) is 0 Å². The van der Waals surface area contributed by atoms with E-state index in [0.29, 0.717) is 6.54 Å². The average Bonchev–Trinajstić information content (AvgIpc) is 2.16. The van der Waals surface area contributed by atoms with E-state index in [-0.39, 0.29) is 11.4 Å². The third kappa shape index (κ3) is 4.10. The highest BCUT2D eigenvalue weighted by atomic mass is 16.2. The molecule has 1 saturated heterocycles. The van der Waals surface area contributed by atoms with Gasteiger partial charge in [0.1, 0.15) is 0 Å². The molecule has 0 spiro atoms. The third-order valence-electron chi connectivity index (χ3n) is 3.04. The minimum absolute atomic E-state index is 0.0293. The van der Waals surface area contributed by atoms with Gasteiger partial charge >= 0.3 is 0 Å². The van der Waals surface area contributed by atoms with Crippen LogP contribution in [0.2, 0.25) is 0 Å². The Labute approximate surface area is 98.6 Å². The Bertz CT molecular complexity index is 224. The average molecular weight is 227 g/mol. The van der Waals surface area contributed by atoms with Crippen molar-refractivity contribution in [2.45, 2.75) is 45.1 Å². The van der Waals surface area contributed by atoms with Gasteiger partial charge < -0.3 is 11.1 Å². The lowest BCUT2D eigenvalue weighted by molar-refractivity contribution is -0.124. The Morgan fingerprint density at radius 1 is 1.38 bits per heavy atom. The van der Waals surface area contributed by atoms with Crippen LogP contribution in [-0.4, -0.2) is 42.5 Å². The van der Waals surface area contributed by atoms with Crippen molar-refractivity contribution in [3.63, 3.8) is 0 Å². The quantitative estimate of drug-likeness (QED) is 0.630. The van der Waals surface area contributed by atoms with Gasteiger partial charge in [-0.3, -0.25) is 9.69 Å². The summed E-state index contributed by atoms with van der Waals surface area (Å²) in [4.78, 5) is 13.6. The SMILES string of the molecule is CCCCNC(=O)CN1CC(N)(CCC)C1. The zero-order chi connectivity index (χ0) is 12.0. The highest BCUT2D eigenvalue weighted by molar-refractivity contribution is 5.78. The van der Waals surface area contributed by atoms with E-state index in [9.17, 15) is 4.79 Å². The summed E-state index contributed by atoms with van der Waals surface area (Å²) in [5.41, 5.74) is 6.10. The fourth-order valence-electron chi connectivity index (χ4n) is 2.28. The molecule has 0 aliphatic carbocycles. The molecule has 1 amide bonds. The van der Waals surface area contributed by atoms with Crippen molar-refractivity contribution < 1.29 is 4.79 Å². The van der Waals surface area contributed by atoms with E-state index in [1.807, 2.05) is 0 Å². The van der Waals surface area contributed by atoms with Crippen molar-refractivity contribution >= 4 is 5.91 Å². The molecule has 0 atom stereocenters. The molecule has 1 aliphatic rings. The number of rotatable bonds is 7. The van der Waals surface area contributed by atoms with Gasteiger partial charge in [-0.2, -0.15) is 0 Å². The Hall–Kier alpha value is -0.610. The number of amides is 1. The molecule has 3 N–H and O–H groups in total. The van der Waals surface area contributed by atoms with Crippen LogP contribution in [0.5, 0.6) is 0 Å². The summed E-state index contributed by atoms with van der Waals surface area (Å²) in [6, 6.07) is 0. The molecule has 0 bridgehead atoms. The first-order valence-corrected chi connectivity index (χ1v) is 6.37. The van der Waals surface area contributed by atoms with Crippen molar-refractivity contribution in [3.05, 3.63) is 0 Å². The zero-order valence-electron chi connectivity index (χ0n) is 10.6. The molecule has 1 heterocycles. The summed E-state index contributed by atoms with van der Waals surface area (Å²) < 4.78 is 0. The lowest BCUT2D eigenvalue weighted by atomic mass is 9.86. The van der Waals surface area contributed by atoms with Crippen LogP contribution in [-0.2, 0) is 4.79 Å². The maximum atomic E-state index is 11.5. The Morgan fingerprint density at radius 2 is 2.06 bits per heavy atom. The lowest BCUT2D eigenvalue weighted by Gasteiger charge is -2.47. The van der Waals surface area contributed by atoms with Crippen molar-refractivity contribution in [2.75, 3.05) is 26.2 Å². The monoisotopic (exact) mass is 227 g/mol. The van der Waals surface area contributed by atoms with Crippen LogP contribution in [0.4, 0.5) is 0 Å². The maximum absolute atomic E-state index is 11.5. The van der Waals surface area contributed by atoms with Gasteiger partial charge in [0.05, 0.1) is 6.54 Å². The van der Waals surface area contributed by atoms with Crippen molar-refractivity contribution in [3.8, 4) is 0 Å². The highest BCUT2D eigenvalue weighted by Gasteiger charge is 2.38. The first kappa shape index (κ1) is 13.5. The number of nitrogens with one attached hydrogen (secondary N) is 1. The molecule has 16 heavy (non-hydrogen) atoms. The molecule has 1 fully saturated rings. The summed E-state index contributed by atoms with van der Waals surface area (Å²) in [6.07, 6.45) is 4.35. The molecular formula is C12H25N3O. The van der Waals surface area contributed by atoms with Crippen LogP contribution in [0.3, 0.4) is 0 Å². The minimum atomic E-state index is -0.0293. The summed E-state index contributed by atoms with van der Waals surface area (Å²) in [6.45, 7) is 7.30. The minimum Gasteiger partial charge on any atom is -0.355 e. The molecule has 1 aliphatic heterocycles. The van der Waals surface area contributed by atoms with Gasteiger partial charge in [0.25, 0.3) is 0 Å². The normalized spacial score (nSPS) is 19.2. The number of unbranched alkanes of at least 4 members (excludes halogenated alkanes) is 1. The van der Waals surface area contributed by atoms with Crippen LogP contribution in [0, 0.1) is 0 Å². The standard InChI is InChI=1S/C12H25N3O/c1-3-5-7-14-11(16)8-15-9-12(13,10-15)6-4-2/h3-10,13H2,1-2H3,(H,14,16). The predicted molar refractivity (Wildman–Crippen MR) is 66.2 cm³/mol. The molecule has 1 rings (SSSR count). The molecule has 0 aromatic heterocycles. The van der Waals surface area contributed by atoms with Gasteiger partial charge in [-0.05, 0) is 12.8 Å². The van der Waals surface area contributed by atoms with E-state index in [2.05, 4.69) is 24.1 Å². The van der Waals surface area contributed by atoms with E-state index >= 15 is 0 Å². The first-order chi connectivity index (χ1) is 7.59. The van der Waals surface area contributed by atoms with E-state index in [1.165, 1.54) is 0 Å². The zero-order valence-corrected chi connectivity index (χ0v) is 10.6. The van der Waals surface area contributed by atoms with Gasteiger partial charge in [-0.25, -0.2) is 0 Å². The molecule has 94 valence electrons. The number of carbonyl (C=O) groups excluding carboxylic acids is 1. The van der Waals surface area contributed by atoms with E-state index < -0.39 is 0 Å². The van der Waals surface area contributed by atoms with Crippen LogP contribution in [0.1, 0.15) is 39.5 Å². The van der Waals surface area contributed by atoms with E-state index in [1.54, 1.807) is 0 Å². The summed E-state index contributed by atoms with van der Waals surface area (Å²) in [7, 11) is 0. The number of nitrogens with zero attached hydrogens (tertiary/aromatic N) is 1. The van der Waals surface area contributed by atoms with Gasteiger partial charge in [0.2, 0.25) is 5.91 Å².